The molecule has 1 atom stereocenters. The molecule has 3 aromatic carbocycles. The van der Waals surface area contributed by atoms with Crippen molar-refractivity contribution in [3.8, 4) is 0 Å². The molecule has 5 amide bonds. The Morgan fingerprint density at radius 3 is 2.25 bits per heavy atom. The molecule has 4 N–H and O–H groups in total. The van der Waals surface area contributed by atoms with Crippen LogP contribution in [0.1, 0.15) is 85.0 Å². The molecule has 0 fully saturated rings. The highest BCUT2D eigenvalue weighted by atomic mass is 16.2. The number of nitrogens with one attached hydrogen (secondary N) is 2. The lowest BCUT2D eigenvalue weighted by atomic mass is 9.97. The Labute approximate surface area is 355 Å². The summed E-state index contributed by atoms with van der Waals surface area (Å²) in [5.41, 5.74) is 11.9. The van der Waals surface area contributed by atoms with Gasteiger partial charge in [-0.3, -0.25) is 33.8 Å². The van der Waals surface area contributed by atoms with E-state index in [1.54, 1.807) is 48.7 Å². The molecule has 6 rings (SSSR count). The fourth-order valence-electron chi connectivity index (χ4n) is 7.35. The summed E-state index contributed by atoms with van der Waals surface area (Å²) >= 11 is 0. The van der Waals surface area contributed by atoms with Crippen LogP contribution in [-0.4, -0.2) is 70.2 Å². The first kappa shape index (κ1) is 43.6. The summed E-state index contributed by atoms with van der Waals surface area (Å²) in [5.74, 6) is -1.29. The minimum atomic E-state index is -0.741. The Hall–Kier alpha value is -7.02. The minimum absolute atomic E-state index is 0.0639. The second-order valence-electron chi connectivity index (χ2n) is 15.2. The number of fused-ring (bicyclic) bond motifs is 1. The first-order chi connectivity index (χ1) is 29.5. The van der Waals surface area contributed by atoms with Gasteiger partial charge in [0.25, 0.3) is 17.7 Å². The second kappa shape index (κ2) is 20.8. The molecule has 2 aliphatic rings. The van der Waals surface area contributed by atoms with Crippen molar-refractivity contribution in [2.24, 2.45) is 10.7 Å². The third-order valence-corrected chi connectivity index (χ3v) is 10.4. The zero-order valence-electron chi connectivity index (χ0n) is 34.6. The topological polar surface area (TPSA) is 184 Å². The van der Waals surface area contributed by atoms with E-state index in [4.69, 9.17) is 5.73 Å². The van der Waals surface area contributed by atoms with Gasteiger partial charge in [-0.25, -0.2) is 9.89 Å². The van der Waals surface area contributed by atoms with Crippen molar-refractivity contribution >= 4 is 64.3 Å². The number of ketones is 1. The number of aromatic nitrogens is 1. The lowest BCUT2D eigenvalue weighted by Crippen LogP contribution is -2.42. The number of rotatable bonds is 19. The fraction of sp³-hybridized carbons (Fsp3) is 0.292. The standard InChI is InChI=1S/C48H51N7O6/c1-3-23-54(24-4-2)48(61)37-27-35-16-17-36(28-40(35)52-43(49)29-37)47(60)51-38-25-34(30-50-31-38)15-20-42(56)41(26-33-9-6-5-7-10-33)53-44(57)12-8-11-32-13-18-39(19-14-32)55-45(58)21-22-46(55)59/h5-7,9-10,13-14,16-19,21-22,25,27-28,30-31,41H,3-4,8,11-12,15,20,23-24,26,29H2,1-2H3,(H2,49,52)(H,51,60)(H,53,57)/t41-/m0/s1. The lowest BCUT2D eigenvalue weighted by molar-refractivity contribution is -0.127. The van der Waals surface area contributed by atoms with Gasteiger partial charge in [0, 0.05) is 67.4 Å². The fourth-order valence-corrected chi connectivity index (χ4v) is 7.35. The number of benzene rings is 3. The summed E-state index contributed by atoms with van der Waals surface area (Å²) in [6.45, 7) is 5.38. The van der Waals surface area contributed by atoms with Crippen LogP contribution in [0.2, 0.25) is 0 Å². The second-order valence-corrected chi connectivity index (χ2v) is 15.2. The van der Waals surface area contributed by atoms with E-state index in [0.29, 0.717) is 72.5 Å². The van der Waals surface area contributed by atoms with Gasteiger partial charge in [-0.05, 0) is 91.6 Å². The molecule has 1 aromatic heterocycles. The summed E-state index contributed by atoms with van der Waals surface area (Å²) in [6, 6.07) is 22.7. The van der Waals surface area contributed by atoms with Crippen LogP contribution in [0, 0.1) is 0 Å². The number of hydrogen-bond acceptors (Lipinski definition) is 9. The Balaban J connectivity index is 1.04. The maximum absolute atomic E-state index is 13.7. The van der Waals surface area contributed by atoms with E-state index in [-0.39, 0.29) is 60.4 Å². The number of carbonyl (C=O) groups is 6. The van der Waals surface area contributed by atoms with Gasteiger partial charge in [0.05, 0.1) is 29.3 Å². The maximum atomic E-state index is 13.7. The monoisotopic (exact) mass is 821 g/mol. The van der Waals surface area contributed by atoms with Gasteiger partial charge >= 0.3 is 0 Å². The van der Waals surface area contributed by atoms with Crippen LogP contribution in [0.25, 0.3) is 6.08 Å². The van der Waals surface area contributed by atoms with E-state index < -0.39 is 6.04 Å². The predicted molar refractivity (Wildman–Crippen MR) is 236 cm³/mol. The number of Topliss-reactive ketones (excluding diaryl/α,β-unsaturated/α-hetero) is 1. The molecule has 13 nitrogen and oxygen atoms in total. The molecular formula is C48H51N7O6. The largest absolute Gasteiger partial charge is 0.387 e. The van der Waals surface area contributed by atoms with Crippen molar-refractivity contribution in [3.05, 3.63) is 137 Å². The first-order valence-electron chi connectivity index (χ1n) is 20.7. The number of anilines is 2. The van der Waals surface area contributed by atoms with Gasteiger partial charge < -0.3 is 21.3 Å². The van der Waals surface area contributed by atoms with E-state index in [1.165, 1.54) is 18.3 Å². The van der Waals surface area contributed by atoms with Crippen LogP contribution >= 0.6 is 0 Å². The number of amidine groups is 1. The number of amides is 5. The molecule has 0 bridgehead atoms. The quantitative estimate of drug-likeness (QED) is 0.0903. The van der Waals surface area contributed by atoms with Gasteiger partial charge in [-0.1, -0.05) is 62.4 Å². The van der Waals surface area contributed by atoms with Gasteiger partial charge in [0.2, 0.25) is 11.8 Å². The van der Waals surface area contributed by atoms with E-state index in [9.17, 15) is 28.8 Å². The van der Waals surface area contributed by atoms with Crippen molar-refractivity contribution in [2.75, 3.05) is 23.3 Å². The van der Waals surface area contributed by atoms with Gasteiger partial charge in [-0.15, -0.1) is 0 Å². The summed E-state index contributed by atoms with van der Waals surface area (Å²) in [5, 5.41) is 5.85. The summed E-state index contributed by atoms with van der Waals surface area (Å²) in [4.78, 5) is 89.4. The molecule has 0 saturated carbocycles. The number of nitrogens with two attached hydrogens (primary N) is 1. The molecule has 61 heavy (non-hydrogen) atoms. The number of hydrogen-bond donors (Lipinski definition) is 3. The van der Waals surface area contributed by atoms with Crippen LogP contribution in [0.15, 0.2) is 114 Å². The highest BCUT2D eigenvalue weighted by molar-refractivity contribution is 6.28. The zero-order chi connectivity index (χ0) is 43.3. The zero-order valence-corrected chi connectivity index (χ0v) is 34.6. The molecule has 0 radical (unpaired) electrons. The van der Waals surface area contributed by atoms with Gasteiger partial charge in [0.1, 0.15) is 5.84 Å². The van der Waals surface area contributed by atoms with Crippen LogP contribution in [0.5, 0.6) is 0 Å². The minimum Gasteiger partial charge on any atom is -0.387 e. The molecule has 4 aromatic rings. The normalized spacial score (nSPS) is 13.8. The predicted octanol–water partition coefficient (Wildman–Crippen LogP) is 6.44. The van der Waals surface area contributed by atoms with Gasteiger partial charge in [-0.2, -0.15) is 0 Å². The van der Waals surface area contributed by atoms with Crippen LogP contribution in [-0.2, 0) is 43.2 Å². The van der Waals surface area contributed by atoms with E-state index >= 15 is 0 Å². The third kappa shape index (κ3) is 11.8. The van der Waals surface area contributed by atoms with Crippen LogP contribution in [0.3, 0.4) is 0 Å². The molecule has 0 aliphatic carbocycles. The average Bonchev–Trinajstić information content (AvgIpc) is 3.49. The van der Waals surface area contributed by atoms with Crippen molar-refractivity contribution in [1.82, 2.24) is 15.2 Å². The summed E-state index contributed by atoms with van der Waals surface area (Å²) in [6.07, 6.45) is 11.5. The molecule has 13 heteroatoms. The molecule has 0 spiro atoms. The van der Waals surface area contributed by atoms with E-state index in [1.807, 2.05) is 61.2 Å². The molecule has 314 valence electrons. The third-order valence-electron chi connectivity index (χ3n) is 10.4. The number of carbonyl (C=O) groups excluding carboxylic acids is 6. The SMILES string of the molecule is CCCN(CCC)C(=O)C1=Cc2ccc(C(=O)Nc3cncc(CCC(=O)[C@H](Cc4ccccc4)NC(=O)CCCc4ccc(N5C(=O)C=CC5=O)cc4)c3)cc2N=C(N)C1. The molecule has 0 saturated heterocycles. The van der Waals surface area contributed by atoms with E-state index in [2.05, 4.69) is 20.6 Å². The smallest absolute Gasteiger partial charge is 0.258 e. The van der Waals surface area contributed by atoms with Crippen molar-refractivity contribution in [1.29, 1.82) is 0 Å². The molecular weight excluding hydrogens is 771 g/mol. The summed E-state index contributed by atoms with van der Waals surface area (Å²) in [7, 11) is 0. The van der Waals surface area contributed by atoms with Gasteiger partial charge in [0.15, 0.2) is 5.78 Å². The number of aryl methyl sites for hydroxylation is 2. The molecule has 2 aliphatic heterocycles. The highest BCUT2D eigenvalue weighted by Gasteiger charge is 2.26. The Kier molecular flexibility index (Phi) is 14.8. The highest BCUT2D eigenvalue weighted by Crippen LogP contribution is 2.29. The average molecular weight is 822 g/mol. The maximum Gasteiger partial charge on any atom is 0.258 e. The Bertz CT molecular complexity index is 2350. The molecule has 0 unspecified atom stereocenters. The number of imide groups is 1. The Morgan fingerprint density at radius 1 is 0.820 bits per heavy atom. The number of aliphatic imine (C=N–C) groups is 1. The molecule has 3 heterocycles. The lowest BCUT2D eigenvalue weighted by Gasteiger charge is -2.22. The number of nitrogens with zero attached hydrogens (tertiary/aromatic N) is 4. The first-order valence-corrected chi connectivity index (χ1v) is 20.7. The van der Waals surface area contributed by atoms with Crippen molar-refractivity contribution < 1.29 is 28.8 Å². The number of pyridine rings is 1. The van der Waals surface area contributed by atoms with Crippen molar-refractivity contribution in [2.45, 2.75) is 77.7 Å². The summed E-state index contributed by atoms with van der Waals surface area (Å²) < 4.78 is 0. The Morgan fingerprint density at radius 2 is 1.54 bits per heavy atom. The van der Waals surface area contributed by atoms with E-state index in [0.717, 1.165) is 34.4 Å². The van der Waals surface area contributed by atoms with Crippen molar-refractivity contribution in [3.63, 3.8) is 0 Å². The van der Waals surface area contributed by atoms with Crippen LogP contribution in [0.4, 0.5) is 17.1 Å². The van der Waals surface area contributed by atoms with Crippen LogP contribution < -0.4 is 21.3 Å².